The van der Waals surface area contributed by atoms with Crippen LogP contribution in [0.5, 0.6) is 0 Å². The zero-order valence-electron chi connectivity index (χ0n) is 8.46. The molecule has 80 valence electrons. The minimum Gasteiger partial charge on any atom is -0.337 e. The Morgan fingerprint density at radius 3 is 2.60 bits per heavy atom. The fourth-order valence-corrected chi connectivity index (χ4v) is 1.72. The molecule has 1 aromatic carbocycles. The van der Waals surface area contributed by atoms with Crippen molar-refractivity contribution < 1.29 is 9.18 Å². The van der Waals surface area contributed by atoms with Crippen molar-refractivity contribution in [2.24, 2.45) is 0 Å². The van der Waals surface area contributed by atoms with Gasteiger partial charge in [-0.15, -0.1) is 0 Å². The number of nitrogens with one attached hydrogen (secondary N) is 2. The van der Waals surface area contributed by atoms with Gasteiger partial charge >= 0.3 is 0 Å². The van der Waals surface area contributed by atoms with E-state index in [1.165, 1.54) is 12.1 Å². The van der Waals surface area contributed by atoms with Crippen molar-refractivity contribution in [2.75, 3.05) is 0 Å². The van der Waals surface area contributed by atoms with Gasteiger partial charge in [0.05, 0.1) is 0 Å². The van der Waals surface area contributed by atoms with Gasteiger partial charge in [0.2, 0.25) is 5.91 Å². The zero-order chi connectivity index (χ0) is 10.8. The van der Waals surface area contributed by atoms with Gasteiger partial charge in [-0.1, -0.05) is 12.1 Å². The summed E-state index contributed by atoms with van der Waals surface area (Å²) in [5.74, 6) is -0.246. The summed E-state index contributed by atoms with van der Waals surface area (Å²) in [5.41, 5.74) is 0.872. The van der Waals surface area contributed by atoms with Crippen LogP contribution in [0.4, 0.5) is 4.39 Å². The summed E-state index contributed by atoms with van der Waals surface area (Å²) < 4.78 is 12.7. The van der Waals surface area contributed by atoms with Crippen LogP contribution in [0.3, 0.4) is 0 Å². The smallest absolute Gasteiger partial charge is 0.223 e. The van der Waals surface area contributed by atoms with E-state index in [1.807, 2.05) is 6.92 Å². The van der Waals surface area contributed by atoms with Crippen molar-refractivity contribution in [3.63, 3.8) is 0 Å². The molecule has 0 bridgehead atoms. The van der Waals surface area contributed by atoms with Gasteiger partial charge in [0, 0.05) is 12.5 Å². The van der Waals surface area contributed by atoms with Gasteiger partial charge in [0.15, 0.2) is 0 Å². The van der Waals surface area contributed by atoms with E-state index in [4.69, 9.17) is 0 Å². The molecule has 1 aliphatic heterocycles. The van der Waals surface area contributed by atoms with E-state index in [0.717, 1.165) is 5.56 Å². The minimum atomic E-state index is -0.270. The summed E-state index contributed by atoms with van der Waals surface area (Å²) in [7, 11) is 0. The van der Waals surface area contributed by atoms with Crippen LogP contribution in [0.1, 0.15) is 25.1 Å². The molecular weight excluding hydrogens is 195 g/mol. The molecule has 1 fully saturated rings. The Bertz CT molecular complexity index is 363. The lowest BCUT2D eigenvalue weighted by atomic mass is 10.1. The lowest BCUT2D eigenvalue weighted by molar-refractivity contribution is -0.124. The standard InChI is InChI=1S/C11H13FN2O/c1-7-6-10(15)14-11(13-7)8-2-4-9(12)5-3-8/h2-5,7,11,13H,6H2,1H3,(H,14,15). The number of halogens is 1. The molecule has 0 radical (unpaired) electrons. The lowest BCUT2D eigenvalue weighted by Crippen LogP contribution is -2.49. The summed E-state index contributed by atoms with van der Waals surface area (Å²) in [6, 6.07) is 6.27. The van der Waals surface area contributed by atoms with Crippen molar-refractivity contribution in [1.29, 1.82) is 0 Å². The number of hydrogen-bond donors (Lipinski definition) is 2. The molecule has 1 amide bonds. The van der Waals surface area contributed by atoms with Gasteiger partial charge in [-0.25, -0.2) is 4.39 Å². The normalized spacial score (nSPS) is 26.1. The highest BCUT2D eigenvalue weighted by Crippen LogP contribution is 2.15. The Morgan fingerprint density at radius 2 is 2.00 bits per heavy atom. The van der Waals surface area contributed by atoms with Gasteiger partial charge < -0.3 is 5.32 Å². The first-order chi connectivity index (χ1) is 7.15. The van der Waals surface area contributed by atoms with Crippen molar-refractivity contribution >= 4 is 5.91 Å². The third-order valence-electron chi connectivity index (χ3n) is 2.45. The highest BCUT2D eigenvalue weighted by atomic mass is 19.1. The van der Waals surface area contributed by atoms with Crippen LogP contribution in [0.2, 0.25) is 0 Å². The number of amides is 1. The first kappa shape index (κ1) is 10.1. The summed E-state index contributed by atoms with van der Waals surface area (Å²) >= 11 is 0. The molecule has 1 saturated heterocycles. The van der Waals surface area contributed by atoms with Crippen LogP contribution in [0.15, 0.2) is 24.3 Å². The second-order valence-corrected chi connectivity index (χ2v) is 3.82. The third-order valence-corrected chi connectivity index (χ3v) is 2.45. The predicted octanol–water partition coefficient (Wildman–Crippen LogP) is 1.32. The van der Waals surface area contributed by atoms with Crippen LogP contribution in [0.25, 0.3) is 0 Å². The summed E-state index contributed by atoms with van der Waals surface area (Å²) in [6.45, 7) is 1.95. The molecule has 0 saturated carbocycles. The number of hydrogen-bond acceptors (Lipinski definition) is 2. The van der Waals surface area contributed by atoms with Crippen molar-refractivity contribution in [3.8, 4) is 0 Å². The van der Waals surface area contributed by atoms with Crippen LogP contribution in [0, 0.1) is 5.82 Å². The fourth-order valence-electron chi connectivity index (χ4n) is 1.72. The summed E-state index contributed by atoms with van der Waals surface area (Å²) in [5, 5.41) is 6.04. The largest absolute Gasteiger partial charge is 0.337 e. The SMILES string of the molecule is CC1CC(=O)NC(c2ccc(F)cc2)N1. The molecular formula is C11H13FN2O. The van der Waals surface area contributed by atoms with E-state index >= 15 is 0 Å². The molecule has 1 aliphatic rings. The van der Waals surface area contributed by atoms with E-state index in [-0.39, 0.29) is 23.9 Å². The molecule has 15 heavy (non-hydrogen) atoms. The zero-order valence-corrected chi connectivity index (χ0v) is 8.46. The number of carbonyl (C=O) groups excluding carboxylic acids is 1. The third kappa shape index (κ3) is 2.33. The van der Waals surface area contributed by atoms with Crippen LogP contribution < -0.4 is 10.6 Å². The number of rotatable bonds is 1. The molecule has 2 atom stereocenters. The van der Waals surface area contributed by atoms with Gasteiger partial charge in [0.1, 0.15) is 12.0 Å². The molecule has 2 N–H and O–H groups in total. The maximum absolute atomic E-state index is 12.7. The van der Waals surface area contributed by atoms with Crippen molar-refractivity contribution in [1.82, 2.24) is 10.6 Å². The molecule has 4 heteroatoms. The van der Waals surface area contributed by atoms with Crippen molar-refractivity contribution in [3.05, 3.63) is 35.6 Å². The van der Waals surface area contributed by atoms with E-state index < -0.39 is 0 Å². The summed E-state index contributed by atoms with van der Waals surface area (Å²) in [6.07, 6.45) is 0.277. The lowest BCUT2D eigenvalue weighted by Gasteiger charge is -2.29. The average Bonchev–Trinajstić information content (AvgIpc) is 2.17. The summed E-state index contributed by atoms with van der Waals surface area (Å²) in [4.78, 5) is 11.3. The number of benzene rings is 1. The molecule has 0 aliphatic carbocycles. The highest BCUT2D eigenvalue weighted by molar-refractivity contribution is 5.77. The molecule has 0 aromatic heterocycles. The highest BCUT2D eigenvalue weighted by Gasteiger charge is 2.23. The second kappa shape index (κ2) is 3.98. The Morgan fingerprint density at radius 1 is 1.33 bits per heavy atom. The Hall–Kier alpha value is -1.42. The number of carbonyl (C=O) groups is 1. The van der Waals surface area contributed by atoms with E-state index in [0.29, 0.717) is 6.42 Å². The molecule has 1 heterocycles. The van der Waals surface area contributed by atoms with Crippen molar-refractivity contribution in [2.45, 2.75) is 25.6 Å². The molecule has 0 spiro atoms. The molecule has 2 unspecified atom stereocenters. The Balaban J connectivity index is 2.16. The predicted molar refractivity (Wildman–Crippen MR) is 54.5 cm³/mol. The fraction of sp³-hybridized carbons (Fsp3) is 0.364. The van der Waals surface area contributed by atoms with Crippen LogP contribution >= 0.6 is 0 Å². The van der Waals surface area contributed by atoms with E-state index in [9.17, 15) is 9.18 Å². The Kier molecular flexibility index (Phi) is 2.68. The van der Waals surface area contributed by atoms with Crippen LogP contribution in [-0.2, 0) is 4.79 Å². The maximum atomic E-state index is 12.7. The Labute approximate surface area is 87.7 Å². The minimum absolute atomic E-state index is 0.0237. The van der Waals surface area contributed by atoms with Gasteiger partial charge in [-0.3, -0.25) is 10.1 Å². The quantitative estimate of drug-likeness (QED) is 0.730. The monoisotopic (exact) mass is 208 g/mol. The topological polar surface area (TPSA) is 41.1 Å². The maximum Gasteiger partial charge on any atom is 0.223 e. The van der Waals surface area contributed by atoms with Gasteiger partial charge in [0.25, 0.3) is 0 Å². The van der Waals surface area contributed by atoms with E-state index in [2.05, 4.69) is 10.6 Å². The van der Waals surface area contributed by atoms with Gasteiger partial charge in [-0.05, 0) is 24.6 Å². The van der Waals surface area contributed by atoms with E-state index in [1.54, 1.807) is 12.1 Å². The van der Waals surface area contributed by atoms with Gasteiger partial charge in [-0.2, -0.15) is 0 Å². The first-order valence-electron chi connectivity index (χ1n) is 4.96. The molecule has 3 nitrogen and oxygen atoms in total. The first-order valence-corrected chi connectivity index (χ1v) is 4.96. The molecule has 1 aromatic rings. The molecule has 2 rings (SSSR count). The second-order valence-electron chi connectivity index (χ2n) is 3.82. The average molecular weight is 208 g/mol. The van der Waals surface area contributed by atoms with Crippen LogP contribution in [-0.4, -0.2) is 11.9 Å².